The van der Waals surface area contributed by atoms with Crippen LogP contribution in [0.4, 0.5) is 0 Å². The van der Waals surface area contributed by atoms with E-state index < -0.39 is 17.5 Å². The molecule has 19 heavy (non-hydrogen) atoms. The summed E-state index contributed by atoms with van der Waals surface area (Å²) in [7, 11) is 0. The highest BCUT2D eigenvalue weighted by Gasteiger charge is 2.41. The smallest absolute Gasteiger partial charge is 0.310 e. The van der Waals surface area contributed by atoms with Gasteiger partial charge in [0.1, 0.15) is 0 Å². The van der Waals surface area contributed by atoms with Crippen molar-refractivity contribution in [3.63, 3.8) is 0 Å². The summed E-state index contributed by atoms with van der Waals surface area (Å²) >= 11 is 0. The number of aliphatic hydroxyl groups excluding tert-OH is 1. The second-order valence-electron chi connectivity index (χ2n) is 5.94. The molecule has 0 heterocycles. The number of carboxylic acid groups (broad SMARTS) is 1. The van der Waals surface area contributed by atoms with E-state index in [1.165, 1.54) is 0 Å². The Morgan fingerprint density at radius 2 is 1.79 bits per heavy atom. The van der Waals surface area contributed by atoms with E-state index in [0.29, 0.717) is 12.8 Å². The van der Waals surface area contributed by atoms with Crippen LogP contribution < -0.4 is 5.32 Å². The van der Waals surface area contributed by atoms with Crippen LogP contribution in [-0.2, 0) is 9.59 Å². The van der Waals surface area contributed by atoms with Crippen molar-refractivity contribution in [3.8, 4) is 0 Å². The third-order valence-electron chi connectivity index (χ3n) is 4.04. The second kappa shape index (κ2) is 6.89. The number of carbonyl (C=O) groups excluding carboxylic acids is 1. The molecule has 5 heteroatoms. The molecule has 0 spiro atoms. The molecule has 1 aliphatic rings. The fraction of sp³-hybridized carbons (Fsp3) is 0.857. The van der Waals surface area contributed by atoms with Gasteiger partial charge in [-0.1, -0.05) is 33.1 Å². The standard InChI is InChI=1S/C14H25NO4/c1-10(2)11(16)9-15-12(17)8-14(13(18)19)6-4-3-5-7-14/h10-11,16H,3-9H2,1-2H3,(H,15,17)(H,18,19). The van der Waals surface area contributed by atoms with Gasteiger partial charge in [-0.2, -0.15) is 0 Å². The lowest BCUT2D eigenvalue weighted by molar-refractivity contribution is -0.154. The first-order chi connectivity index (χ1) is 8.87. The molecule has 1 rings (SSSR count). The Bertz CT molecular complexity index is 321. The van der Waals surface area contributed by atoms with Gasteiger partial charge < -0.3 is 15.5 Å². The van der Waals surface area contributed by atoms with Crippen LogP contribution in [0.1, 0.15) is 52.4 Å². The number of aliphatic carboxylic acids is 1. The Kier molecular flexibility index (Phi) is 5.79. The lowest BCUT2D eigenvalue weighted by Crippen LogP contribution is -2.41. The van der Waals surface area contributed by atoms with Crippen molar-refractivity contribution in [2.24, 2.45) is 11.3 Å². The summed E-state index contributed by atoms with van der Waals surface area (Å²) in [5.41, 5.74) is -0.898. The molecule has 0 aromatic rings. The highest BCUT2D eigenvalue weighted by Crippen LogP contribution is 2.39. The van der Waals surface area contributed by atoms with Crippen molar-refractivity contribution >= 4 is 11.9 Å². The van der Waals surface area contributed by atoms with Crippen LogP contribution in [0.25, 0.3) is 0 Å². The Labute approximate surface area is 114 Å². The first-order valence-electron chi connectivity index (χ1n) is 7.05. The van der Waals surface area contributed by atoms with Gasteiger partial charge in [0.25, 0.3) is 0 Å². The molecule has 5 nitrogen and oxygen atoms in total. The number of aliphatic hydroxyl groups is 1. The molecule has 0 aromatic carbocycles. The monoisotopic (exact) mass is 271 g/mol. The molecule has 1 amide bonds. The third kappa shape index (κ3) is 4.49. The zero-order valence-corrected chi connectivity index (χ0v) is 11.8. The molecule has 1 unspecified atom stereocenters. The van der Waals surface area contributed by atoms with Gasteiger partial charge in [0.2, 0.25) is 5.91 Å². The average Bonchev–Trinajstić information content (AvgIpc) is 2.36. The van der Waals surface area contributed by atoms with Crippen molar-refractivity contribution in [1.29, 1.82) is 0 Å². The van der Waals surface area contributed by atoms with Gasteiger partial charge in [0, 0.05) is 13.0 Å². The zero-order chi connectivity index (χ0) is 14.5. The van der Waals surface area contributed by atoms with E-state index in [9.17, 15) is 19.8 Å². The largest absolute Gasteiger partial charge is 0.481 e. The predicted molar refractivity (Wildman–Crippen MR) is 71.6 cm³/mol. The van der Waals surface area contributed by atoms with Gasteiger partial charge >= 0.3 is 5.97 Å². The lowest BCUT2D eigenvalue weighted by atomic mass is 9.71. The van der Waals surface area contributed by atoms with Crippen LogP contribution >= 0.6 is 0 Å². The van der Waals surface area contributed by atoms with E-state index >= 15 is 0 Å². The average molecular weight is 271 g/mol. The summed E-state index contributed by atoms with van der Waals surface area (Å²) < 4.78 is 0. The summed E-state index contributed by atoms with van der Waals surface area (Å²) in [6.45, 7) is 3.93. The molecule has 0 saturated heterocycles. The van der Waals surface area contributed by atoms with Gasteiger partial charge in [-0.3, -0.25) is 9.59 Å². The Morgan fingerprint density at radius 1 is 1.21 bits per heavy atom. The number of amides is 1. The van der Waals surface area contributed by atoms with E-state index in [1.807, 2.05) is 13.8 Å². The normalized spacial score (nSPS) is 20.0. The molecule has 1 saturated carbocycles. The number of hydrogen-bond acceptors (Lipinski definition) is 3. The molecule has 110 valence electrons. The maximum atomic E-state index is 11.9. The Hall–Kier alpha value is -1.10. The molecular weight excluding hydrogens is 246 g/mol. The molecule has 1 atom stereocenters. The zero-order valence-electron chi connectivity index (χ0n) is 11.8. The van der Waals surface area contributed by atoms with Gasteiger partial charge in [0.15, 0.2) is 0 Å². The third-order valence-corrected chi connectivity index (χ3v) is 4.04. The van der Waals surface area contributed by atoms with Crippen LogP contribution in [0.5, 0.6) is 0 Å². The van der Waals surface area contributed by atoms with Crippen LogP contribution in [0, 0.1) is 11.3 Å². The maximum Gasteiger partial charge on any atom is 0.310 e. The minimum absolute atomic E-state index is 0.0210. The van der Waals surface area contributed by atoms with Crippen molar-refractivity contribution in [3.05, 3.63) is 0 Å². The molecule has 3 N–H and O–H groups in total. The fourth-order valence-corrected chi connectivity index (χ4v) is 2.52. The van der Waals surface area contributed by atoms with E-state index in [-0.39, 0.29) is 24.8 Å². The van der Waals surface area contributed by atoms with Crippen LogP contribution in [0.15, 0.2) is 0 Å². The van der Waals surface area contributed by atoms with Crippen LogP contribution in [-0.4, -0.2) is 34.7 Å². The van der Waals surface area contributed by atoms with E-state index in [4.69, 9.17) is 0 Å². The molecule has 0 radical (unpaired) electrons. The van der Waals surface area contributed by atoms with Crippen molar-refractivity contribution < 1.29 is 19.8 Å². The Morgan fingerprint density at radius 3 is 2.26 bits per heavy atom. The van der Waals surface area contributed by atoms with Gasteiger partial charge in [0.05, 0.1) is 11.5 Å². The SMILES string of the molecule is CC(C)C(O)CNC(=O)CC1(C(=O)O)CCCCC1. The van der Waals surface area contributed by atoms with Crippen molar-refractivity contribution in [2.75, 3.05) is 6.54 Å². The maximum absolute atomic E-state index is 11.9. The van der Waals surface area contributed by atoms with E-state index in [0.717, 1.165) is 19.3 Å². The molecule has 0 aromatic heterocycles. The van der Waals surface area contributed by atoms with Crippen molar-refractivity contribution in [1.82, 2.24) is 5.32 Å². The quantitative estimate of drug-likeness (QED) is 0.684. The number of hydrogen-bond donors (Lipinski definition) is 3. The summed E-state index contributed by atoms with van der Waals surface area (Å²) in [6, 6.07) is 0. The van der Waals surface area contributed by atoms with Crippen molar-refractivity contribution in [2.45, 2.75) is 58.5 Å². The van der Waals surface area contributed by atoms with Crippen LogP contribution in [0.2, 0.25) is 0 Å². The summed E-state index contributed by atoms with van der Waals surface area (Å²) in [5.74, 6) is -1.07. The molecule has 0 aliphatic heterocycles. The molecular formula is C14H25NO4. The van der Waals surface area contributed by atoms with Gasteiger partial charge in [-0.25, -0.2) is 0 Å². The predicted octanol–water partition coefficient (Wildman–Crippen LogP) is 1.54. The Balaban J connectivity index is 2.50. The lowest BCUT2D eigenvalue weighted by Gasteiger charge is -2.32. The number of rotatable bonds is 6. The van der Waals surface area contributed by atoms with E-state index in [1.54, 1.807) is 0 Å². The van der Waals surface area contributed by atoms with Gasteiger partial charge in [-0.05, 0) is 18.8 Å². The highest BCUT2D eigenvalue weighted by atomic mass is 16.4. The van der Waals surface area contributed by atoms with E-state index in [2.05, 4.69) is 5.32 Å². The fourth-order valence-electron chi connectivity index (χ4n) is 2.52. The molecule has 0 bridgehead atoms. The summed E-state index contributed by atoms with van der Waals surface area (Å²) in [4.78, 5) is 23.3. The minimum Gasteiger partial charge on any atom is -0.481 e. The summed E-state index contributed by atoms with van der Waals surface area (Å²) in [6.07, 6.45) is 3.36. The minimum atomic E-state index is -0.898. The summed E-state index contributed by atoms with van der Waals surface area (Å²) in [5, 5.41) is 21.6. The number of carboxylic acids is 1. The topological polar surface area (TPSA) is 86.6 Å². The molecule has 1 fully saturated rings. The number of carbonyl (C=O) groups is 2. The second-order valence-corrected chi connectivity index (χ2v) is 5.94. The number of nitrogens with one attached hydrogen (secondary N) is 1. The highest BCUT2D eigenvalue weighted by molar-refractivity contribution is 5.85. The van der Waals surface area contributed by atoms with Crippen LogP contribution in [0.3, 0.4) is 0 Å². The molecule has 1 aliphatic carbocycles. The first kappa shape index (κ1) is 16.0. The first-order valence-corrected chi connectivity index (χ1v) is 7.05. The van der Waals surface area contributed by atoms with Gasteiger partial charge in [-0.15, -0.1) is 0 Å².